The third kappa shape index (κ3) is 3.46. The summed E-state index contributed by atoms with van der Waals surface area (Å²) >= 11 is 0. The Morgan fingerprint density at radius 3 is 2.62 bits per heavy atom. The Labute approximate surface area is 171 Å². The van der Waals surface area contributed by atoms with Crippen LogP contribution in [0.25, 0.3) is 0 Å². The maximum atomic E-state index is 11.8. The molecule has 1 aliphatic heterocycles. The van der Waals surface area contributed by atoms with Crippen molar-refractivity contribution in [2.75, 3.05) is 20.8 Å². The molecule has 1 amide bonds. The Morgan fingerprint density at radius 1 is 1.14 bits per heavy atom. The Hall–Kier alpha value is -2.95. The lowest BCUT2D eigenvalue weighted by Crippen LogP contribution is -2.37. The van der Waals surface area contributed by atoms with E-state index >= 15 is 0 Å². The molecule has 4 rings (SSSR count). The van der Waals surface area contributed by atoms with Gasteiger partial charge in [0.15, 0.2) is 11.5 Å². The fourth-order valence-electron chi connectivity index (χ4n) is 5.04. The number of hydrogen-bond acceptors (Lipinski definition) is 4. The quantitative estimate of drug-likeness (QED) is 0.738. The van der Waals surface area contributed by atoms with Crippen LogP contribution in [0.15, 0.2) is 55.1 Å². The fraction of sp³-hybridized carbons (Fsp3) is 0.375. The van der Waals surface area contributed by atoms with Gasteiger partial charge in [-0.05, 0) is 41.9 Å². The third-order valence-electron chi connectivity index (χ3n) is 6.21. The number of alkyl carbamates (subject to hydrolysis) is 1. The average Bonchev–Trinajstić information content (AvgIpc) is 3.18. The molecule has 1 heterocycles. The van der Waals surface area contributed by atoms with E-state index in [0.717, 1.165) is 29.9 Å². The molecule has 2 aromatic carbocycles. The van der Waals surface area contributed by atoms with Crippen LogP contribution < -0.4 is 14.8 Å². The molecule has 2 aliphatic rings. The predicted octanol–water partition coefficient (Wildman–Crippen LogP) is 4.43. The van der Waals surface area contributed by atoms with Gasteiger partial charge in [0.25, 0.3) is 0 Å². The summed E-state index contributed by atoms with van der Waals surface area (Å²) in [6.45, 7) is 4.53. The van der Waals surface area contributed by atoms with Crippen molar-refractivity contribution in [3.63, 3.8) is 0 Å². The Morgan fingerprint density at radius 2 is 1.93 bits per heavy atom. The van der Waals surface area contributed by atoms with E-state index in [9.17, 15) is 4.79 Å². The van der Waals surface area contributed by atoms with E-state index in [2.05, 4.69) is 42.2 Å². The fourth-order valence-corrected chi connectivity index (χ4v) is 5.04. The van der Waals surface area contributed by atoms with E-state index in [0.29, 0.717) is 6.54 Å². The van der Waals surface area contributed by atoms with Gasteiger partial charge in [0.2, 0.25) is 0 Å². The molecule has 29 heavy (non-hydrogen) atoms. The van der Waals surface area contributed by atoms with Crippen molar-refractivity contribution < 1.29 is 19.0 Å². The maximum Gasteiger partial charge on any atom is 0.407 e. The first-order valence-corrected chi connectivity index (χ1v) is 10.0. The van der Waals surface area contributed by atoms with Crippen LogP contribution in [0.3, 0.4) is 0 Å². The standard InChI is InChI=1S/C24H27NO4/c1-4-8-17-19(18-11-7-12-20(27-2)23(18)28-3)13-15-9-5-6-10-16(15)22(17)21-14-25-24(26)29-21/h4-7,9-12,17,19,21-22H,1,8,13-14H2,2-3H3,(H,25,26). The highest BCUT2D eigenvalue weighted by Crippen LogP contribution is 2.51. The van der Waals surface area contributed by atoms with Gasteiger partial charge >= 0.3 is 6.09 Å². The molecule has 1 fully saturated rings. The van der Waals surface area contributed by atoms with Gasteiger partial charge in [-0.25, -0.2) is 4.79 Å². The highest BCUT2D eigenvalue weighted by atomic mass is 16.6. The van der Waals surface area contributed by atoms with E-state index in [1.165, 1.54) is 11.1 Å². The Kier molecular flexibility index (Phi) is 5.47. The summed E-state index contributed by atoms with van der Waals surface area (Å²) in [5.74, 6) is 2.00. The molecule has 152 valence electrons. The molecule has 0 saturated carbocycles. The van der Waals surface area contributed by atoms with Gasteiger partial charge in [0.1, 0.15) is 6.10 Å². The smallest absolute Gasteiger partial charge is 0.407 e. The van der Waals surface area contributed by atoms with Crippen LogP contribution >= 0.6 is 0 Å². The van der Waals surface area contributed by atoms with Crippen molar-refractivity contribution in [1.29, 1.82) is 0 Å². The summed E-state index contributed by atoms with van der Waals surface area (Å²) in [5, 5.41) is 2.82. The highest BCUT2D eigenvalue weighted by Gasteiger charge is 2.44. The number of para-hydroxylation sites is 1. The first-order chi connectivity index (χ1) is 14.2. The molecule has 0 aromatic heterocycles. The maximum absolute atomic E-state index is 11.8. The second-order valence-corrected chi connectivity index (χ2v) is 7.63. The number of ether oxygens (including phenoxy) is 3. The number of rotatable bonds is 6. The number of nitrogens with one attached hydrogen (secondary N) is 1. The molecule has 5 nitrogen and oxygen atoms in total. The minimum atomic E-state index is -0.342. The molecule has 0 bridgehead atoms. The van der Waals surface area contributed by atoms with Crippen LogP contribution in [0.5, 0.6) is 11.5 Å². The molecule has 5 heteroatoms. The first-order valence-electron chi connectivity index (χ1n) is 10.0. The van der Waals surface area contributed by atoms with Crippen molar-refractivity contribution in [2.24, 2.45) is 5.92 Å². The van der Waals surface area contributed by atoms with Crippen LogP contribution in [-0.2, 0) is 11.2 Å². The van der Waals surface area contributed by atoms with Crippen LogP contribution in [0, 0.1) is 5.92 Å². The number of fused-ring (bicyclic) bond motifs is 1. The average molecular weight is 393 g/mol. The van der Waals surface area contributed by atoms with E-state index < -0.39 is 0 Å². The minimum Gasteiger partial charge on any atom is -0.493 e. The topological polar surface area (TPSA) is 56.8 Å². The number of amides is 1. The van der Waals surface area contributed by atoms with E-state index in [1.807, 2.05) is 18.2 Å². The van der Waals surface area contributed by atoms with Gasteiger partial charge in [-0.15, -0.1) is 6.58 Å². The lowest BCUT2D eigenvalue weighted by molar-refractivity contribution is 0.0990. The van der Waals surface area contributed by atoms with Crippen LogP contribution in [-0.4, -0.2) is 33.0 Å². The number of allylic oxidation sites excluding steroid dienone is 1. The van der Waals surface area contributed by atoms with Crippen LogP contribution in [0.2, 0.25) is 0 Å². The van der Waals surface area contributed by atoms with Gasteiger partial charge in [-0.3, -0.25) is 0 Å². The van der Waals surface area contributed by atoms with Crippen molar-refractivity contribution in [3.05, 3.63) is 71.8 Å². The zero-order valence-corrected chi connectivity index (χ0v) is 16.9. The normalized spacial score (nSPS) is 25.5. The molecular formula is C24H27NO4. The van der Waals surface area contributed by atoms with Crippen molar-refractivity contribution in [2.45, 2.75) is 30.8 Å². The van der Waals surface area contributed by atoms with Gasteiger partial charge in [0.05, 0.1) is 20.8 Å². The Balaban J connectivity index is 1.85. The summed E-state index contributed by atoms with van der Waals surface area (Å²) in [4.78, 5) is 11.8. The number of carbonyl (C=O) groups excluding carboxylic acids is 1. The molecule has 1 aliphatic carbocycles. The zero-order chi connectivity index (χ0) is 20.4. The molecule has 4 atom stereocenters. The lowest BCUT2D eigenvalue weighted by atomic mass is 9.63. The van der Waals surface area contributed by atoms with Crippen LogP contribution in [0.1, 0.15) is 34.9 Å². The van der Waals surface area contributed by atoms with Gasteiger partial charge in [-0.2, -0.15) is 0 Å². The first kappa shape index (κ1) is 19.4. The lowest BCUT2D eigenvalue weighted by Gasteiger charge is -2.42. The SMILES string of the molecule is C=CCC1C(c2cccc(OC)c2OC)Cc2ccccc2C1C1CNC(=O)O1. The second kappa shape index (κ2) is 8.19. The van der Waals surface area contributed by atoms with Crippen LogP contribution in [0.4, 0.5) is 4.79 Å². The summed E-state index contributed by atoms with van der Waals surface area (Å²) < 4.78 is 17.0. The number of methoxy groups -OCH3 is 2. The van der Waals surface area contributed by atoms with Gasteiger partial charge < -0.3 is 19.5 Å². The van der Waals surface area contributed by atoms with Crippen molar-refractivity contribution >= 4 is 6.09 Å². The molecule has 0 radical (unpaired) electrons. The molecule has 1 N–H and O–H groups in total. The number of cyclic esters (lactones) is 1. The summed E-state index contributed by atoms with van der Waals surface area (Å²) in [6.07, 6.45) is 3.13. The number of hydrogen-bond donors (Lipinski definition) is 1. The zero-order valence-electron chi connectivity index (χ0n) is 16.9. The molecule has 1 saturated heterocycles. The molecule has 0 spiro atoms. The largest absolute Gasteiger partial charge is 0.493 e. The van der Waals surface area contributed by atoms with E-state index in [-0.39, 0.29) is 30.0 Å². The molecular weight excluding hydrogens is 366 g/mol. The number of carbonyl (C=O) groups is 1. The van der Waals surface area contributed by atoms with E-state index in [4.69, 9.17) is 14.2 Å². The predicted molar refractivity (Wildman–Crippen MR) is 112 cm³/mol. The summed E-state index contributed by atoms with van der Waals surface area (Å²) in [6, 6.07) is 14.5. The number of benzene rings is 2. The third-order valence-corrected chi connectivity index (χ3v) is 6.21. The second-order valence-electron chi connectivity index (χ2n) is 7.63. The molecule has 2 aromatic rings. The van der Waals surface area contributed by atoms with E-state index in [1.54, 1.807) is 14.2 Å². The Bertz CT molecular complexity index is 910. The monoisotopic (exact) mass is 393 g/mol. The van der Waals surface area contributed by atoms with Gasteiger partial charge in [-0.1, -0.05) is 42.5 Å². The minimum absolute atomic E-state index is 0.0813. The van der Waals surface area contributed by atoms with Gasteiger partial charge in [0, 0.05) is 11.5 Å². The summed E-state index contributed by atoms with van der Waals surface area (Å²) in [7, 11) is 3.34. The molecule has 4 unspecified atom stereocenters. The van der Waals surface area contributed by atoms with Crippen molar-refractivity contribution in [1.82, 2.24) is 5.32 Å². The summed E-state index contributed by atoms with van der Waals surface area (Å²) in [5.41, 5.74) is 3.67. The van der Waals surface area contributed by atoms with Crippen molar-refractivity contribution in [3.8, 4) is 11.5 Å². The highest BCUT2D eigenvalue weighted by molar-refractivity contribution is 5.69.